The summed E-state index contributed by atoms with van der Waals surface area (Å²) in [4.78, 5) is 15.3. The van der Waals surface area contributed by atoms with E-state index < -0.39 is 0 Å². The van der Waals surface area contributed by atoms with E-state index in [0.717, 1.165) is 0 Å². The van der Waals surface area contributed by atoms with E-state index in [1.165, 1.54) is 0 Å². The van der Waals surface area contributed by atoms with Gasteiger partial charge in [-0.1, -0.05) is 13.8 Å². The zero-order valence-electron chi connectivity index (χ0n) is 11.1. The zero-order valence-corrected chi connectivity index (χ0v) is 11.1. The van der Waals surface area contributed by atoms with Gasteiger partial charge in [-0.15, -0.1) is 0 Å². The molecular weight excluding hydrogens is 220 g/mol. The maximum Gasteiger partial charge on any atom is 0.222 e. The molecule has 0 aliphatic carbocycles. The summed E-state index contributed by atoms with van der Waals surface area (Å²) in [6.45, 7) is 7.18. The molecule has 0 aliphatic rings. The molecule has 1 atom stereocenters. The number of aliphatic imine (C=N–C) groups is 1. The second-order valence-corrected chi connectivity index (χ2v) is 4.21. The molecule has 1 unspecified atom stereocenters. The largest absolute Gasteiger partial charge is 0.383 e. The van der Waals surface area contributed by atoms with E-state index in [1.807, 2.05) is 20.8 Å². The Balaban J connectivity index is 3.73. The topological polar surface area (TPSA) is 88.7 Å². The van der Waals surface area contributed by atoms with Crippen molar-refractivity contribution in [1.29, 1.82) is 0 Å². The number of amides is 1. The molecule has 0 rings (SSSR count). The van der Waals surface area contributed by atoms with Crippen LogP contribution in [-0.4, -0.2) is 44.7 Å². The van der Waals surface area contributed by atoms with Gasteiger partial charge in [-0.2, -0.15) is 0 Å². The number of nitrogens with two attached hydrogens (primary N) is 1. The average Bonchev–Trinajstić information content (AvgIpc) is 2.24. The molecule has 6 heteroatoms. The summed E-state index contributed by atoms with van der Waals surface area (Å²) in [5.74, 6) is 0.393. The van der Waals surface area contributed by atoms with E-state index in [2.05, 4.69) is 15.6 Å². The third-order valence-electron chi connectivity index (χ3n) is 2.03. The lowest BCUT2D eigenvalue weighted by Gasteiger charge is -2.13. The lowest BCUT2D eigenvalue weighted by molar-refractivity contribution is -0.123. The quantitative estimate of drug-likeness (QED) is 0.326. The molecule has 0 aromatic heterocycles. The number of hydrogen-bond donors (Lipinski definition) is 3. The summed E-state index contributed by atoms with van der Waals surface area (Å²) in [6.07, 6.45) is 0. The highest BCUT2D eigenvalue weighted by Gasteiger charge is 2.05. The van der Waals surface area contributed by atoms with Crippen LogP contribution in [0.15, 0.2) is 4.99 Å². The minimum Gasteiger partial charge on any atom is -0.383 e. The van der Waals surface area contributed by atoms with Gasteiger partial charge in [0.15, 0.2) is 5.96 Å². The van der Waals surface area contributed by atoms with Crippen LogP contribution in [0, 0.1) is 5.92 Å². The Hall–Kier alpha value is -1.30. The monoisotopic (exact) mass is 244 g/mol. The number of nitrogens with one attached hydrogen (secondary N) is 2. The van der Waals surface area contributed by atoms with Crippen molar-refractivity contribution < 1.29 is 9.53 Å². The summed E-state index contributed by atoms with van der Waals surface area (Å²) in [5.41, 5.74) is 5.65. The molecule has 0 saturated carbocycles. The molecule has 0 heterocycles. The SMILES string of the molecule is COCC(C)NC(N)=NCCNC(=O)C(C)C. The van der Waals surface area contributed by atoms with Crippen LogP contribution < -0.4 is 16.4 Å². The smallest absolute Gasteiger partial charge is 0.222 e. The third-order valence-corrected chi connectivity index (χ3v) is 2.03. The van der Waals surface area contributed by atoms with Gasteiger partial charge in [0.05, 0.1) is 13.2 Å². The lowest BCUT2D eigenvalue weighted by atomic mass is 10.2. The van der Waals surface area contributed by atoms with Gasteiger partial charge < -0.3 is 21.1 Å². The van der Waals surface area contributed by atoms with Crippen molar-refractivity contribution in [3.8, 4) is 0 Å². The Morgan fingerprint density at radius 1 is 1.41 bits per heavy atom. The third kappa shape index (κ3) is 8.50. The molecule has 0 radical (unpaired) electrons. The zero-order chi connectivity index (χ0) is 13.3. The summed E-state index contributed by atoms with van der Waals surface area (Å²) in [5, 5.41) is 5.74. The molecule has 4 N–H and O–H groups in total. The van der Waals surface area contributed by atoms with Crippen molar-refractivity contribution in [3.63, 3.8) is 0 Å². The van der Waals surface area contributed by atoms with Crippen LogP contribution in [0.4, 0.5) is 0 Å². The molecule has 1 amide bonds. The molecule has 17 heavy (non-hydrogen) atoms. The molecule has 6 nitrogen and oxygen atoms in total. The van der Waals surface area contributed by atoms with E-state index in [1.54, 1.807) is 7.11 Å². The van der Waals surface area contributed by atoms with Crippen LogP contribution in [0.25, 0.3) is 0 Å². The minimum atomic E-state index is -0.00354. The molecule has 0 bridgehead atoms. The summed E-state index contributed by atoms with van der Waals surface area (Å²) >= 11 is 0. The molecule has 0 spiro atoms. The van der Waals surface area contributed by atoms with Gasteiger partial charge in [-0.3, -0.25) is 9.79 Å². The van der Waals surface area contributed by atoms with Crippen LogP contribution in [0.5, 0.6) is 0 Å². The summed E-state index contributed by atoms with van der Waals surface area (Å²) in [7, 11) is 1.63. The second-order valence-electron chi connectivity index (χ2n) is 4.21. The Labute approximate surface area is 103 Å². The minimum absolute atomic E-state index is 0.00354. The fourth-order valence-corrected chi connectivity index (χ4v) is 1.15. The van der Waals surface area contributed by atoms with E-state index >= 15 is 0 Å². The first-order valence-corrected chi connectivity index (χ1v) is 5.80. The standard InChI is InChI=1S/C11H24N4O2/c1-8(2)10(16)13-5-6-14-11(12)15-9(3)7-17-4/h8-9H,5-7H2,1-4H3,(H,13,16)(H3,12,14,15). The Bertz CT molecular complexity index is 254. The van der Waals surface area contributed by atoms with Crippen LogP contribution in [0.2, 0.25) is 0 Å². The number of guanidine groups is 1. The number of methoxy groups -OCH3 is 1. The van der Waals surface area contributed by atoms with Crippen molar-refractivity contribution in [2.24, 2.45) is 16.6 Å². The van der Waals surface area contributed by atoms with Crippen molar-refractivity contribution in [2.45, 2.75) is 26.8 Å². The van der Waals surface area contributed by atoms with Crippen molar-refractivity contribution in [3.05, 3.63) is 0 Å². The first kappa shape index (κ1) is 15.7. The number of ether oxygens (including phenoxy) is 1. The van der Waals surface area contributed by atoms with Crippen molar-refractivity contribution >= 4 is 11.9 Å². The Morgan fingerprint density at radius 2 is 2.06 bits per heavy atom. The van der Waals surface area contributed by atoms with E-state index in [4.69, 9.17) is 10.5 Å². The fraction of sp³-hybridized carbons (Fsp3) is 0.818. The van der Waals surface area contributed by atoms with E-state index in [0.29, 0.717) is 25.7 Å². The molecule has 100 valence electrons. The Kier molecular flexibility index (Phi) is 8.13. The number of nitrogens with zero attached hydrogens (tertiary/aromatic N) is 1. The second kappa shape index (κ2) is 8.81. The van der Waals surface area contributed by atoms with Crippen molar-refractivity contribution in [2.75, 3.05) is 26.8 Å². The molecule has 0 aromatic carbocycles. The van der Waals surface area contributed by atoms with Gasteiger partial charge in [-0.05, 0) is 6.92 Å². The maximum atomic E-state index is 11.2. The van der Waals surface area contributed by atoms with Crippen molar-refractivity contribution in [1.82, 2.24) is 10.6 Å². The lowest BCUT2D eigenvalue weighted by Crippen LogP contribution is -2.41. The number of carbonyl (C=O) groups excluding carboxylic acids is 1. The molecular formula is C11H24N4O2. The highest BCUT2D eigenvalue weighted by molar-refractivity contribution is 5.78. The van der Waals surface area contributed by atoms with E-state index in [9.17, 15) is 4.79 Å². The molecule has 0 aliphatic heterocycles. The van der Waals surface area contributed by atoms with Crippen LogP contribution in [0.3, 0.4) is 0 Å². The maximum absolute atomic E-state index is 11.2. The highest BCUT2D eigenvalue weighted by atomic mass is 16.5. The normalized spacial score (nSPS) is 13.6. The highest BCUT2D eigenvalue weighted by Crippen LogP contribution is 1.89. The van der Waals surface area contributed by atoms with Crippen LogP contribution in [-0.2, 0) is 9.53 Å². The summed E-state index contributed by atoms with van der Waals surface area (Å²) < 4.78 is 4.96. The first-order chi connectivity index (χ1) is 7.97. The van der Waals surface area contributed by atoms with Gasteiger partial charge in [0.25, 0.3) is 0 Å². The fourth-order valence-electron chi connectivity index (χ4n) is 1.15. The van der Waals surface area contributed by atoms with Crippen LogP contribution in [0.1, 0.15) is 20.8 Å². The van der Waals surface area contributed by atoms with Gasteiger partial charge in [-0.25, -0.2) is 0 Å². The van der Waals surface area contributed by atoms with Crippen LogP contribution >= 0.6 is 0 Å². The van der Waals surface area contributed by atoms with E-state index in [-0.39, 0.29) is 17.9 Å². The first-order valence-electron chi connectivity index (χ1n) is 5.80. The molecule has 0 saturated heterocycles. The predicted octanol–water partition coefficient (Wildman–Crippen LogP) is -0.302. The van der Waals surface area contributed by atoms with Gasteiger partial charge >= 0.3 is 0 Å². The van der Waals surface area contributed by atoms with Gasteiger partial charge in [0, 0.05) is 25.6 Å². The number of rotatable bonds is 7. The number of hydrogen-bond acceptors (Lipinski definition) is 3. The Morgan fingerprint density at radius 3 is 2.59 bits per heavy atom. The number of carbonyl (C=O) groups is 1. The molecule has 0 aromatic rings. The predicted molar refractivity (Wildman–Crippen MR) is 68.8 cm³/mol. The molecule has 0 fully saturated rings. The van der Waals surface area contributed by atoms with Gasteiger partial charge in [0.1, 0.15) is 0 Å². The van der Waals surface area contributed by atoms with Gasteiger partial charge in [0.2, 0.25) is 5.91 Å². The average molecular weight is 244 g/mol. The summed E-state index contributed by atoms with van der Waals surface area (Å²) in [6, 6.07) is 0.119.